The minimum Gasteiger partial charge on any atom is -0.356 e. The highest BCUT2D eigenvalue weighted by molar-refractivity contribution is 6.01. The predicted octanol–water partition coefficient (Wildman–Crippen LogP) is 5.10. The number of para-hydroxylation sites is 1. The maximum absolute atomic E-state index is 14.1. The van der Waals surface area contributed by atoms with Gasteiger partial charge in [-0.1, -0.05) is 61.5 Å². The van der Waals surface area contributed by atoms with Crippen molar-refractivity contribution in [3.8, 4) is 0 Å². The lowest BCUT2D eigenvalue weighted by Gasteiger charge is -2.51. The van der Waals surface area contributed by atoms with E-state index in [9.17, 15) is 14.0 Å². The summed E-state index contributed by atoms with van der Waals surface area (Å²) in [5.41, 5.74) is 4.85. The van der Waals surface area contributed by atoms with Crippen LogP contribution in [0, 0.1) is 5.82 Å². The Hall–Kier alpha value is -3.93. The fourth-order valence-electron chi connectivity index (χ4n) is 5.90. The maximum atomic E-state index is 14.1. The number of amides is 2. The molecule has 0 spiro atoms. The topological polar surface area (TPSA) is 56.4 Å². The monoisotopic (exact) mass is 481 g/mol. The number of hydrogen-bond acceptors (Lipinski definition) is 2. The summed E-state index contributed by atoms with van der Waals surface area (Å²) < 4.78 is 13.4. The van der Waals surface area contributed by atoms with Crippen molar-refractivity contribution < 1.29 is 14.0 Å². The first kappa shape index (κ1) is 22.5. The zero-order valence-electron chi connectivity index (χ0n) is 20.4. The molecule has 2 aliphatic heterocycles. The van der Waals surface area contributed by atoms with Gasteiger partial charge in [-0.05, 0) is 53.8 Å². The molecule has 3 aromatic carbocycles. The Morgan fingerprint density at radius 3 is 2.39 bits per heavy atom. The number of halogens is 1. The van der Waals surface area contributed by atoms with Crippen molar-refractivity contribution >= 4 is 22.7 Å². The lowest BCUT2D eigenvalue weighted by atomic mass is 9.76. The van der Waals surface area contributed by atoms with Gasteiger partial charge in [0.1, 0.15) is 12.4 Å². The molecule has 0 bridgehead atoms. The molecule has 0 aliphatic carbocycles. The lowest BCUT2D eigenvalue weighted by molar-refractivity contribution is -0.166. The molecule has 6 rings (SSSR count). The molecule has 2 amide bonds. The van der Waals surface area contributed by atoms with E-state index < -0.39 is 5.54 Å². The second-order valence-corrected chi connectivity index (χ2v) is 9.97. The van der Waals surface area contributed by atoms with Crippen LogP contribution in [0.1, 0.15) is 47.7 Å². The van der Waals surface area contributed by atoms with Gasteiger partial charge in [0.15, 0.2) is 5.54 Å². The van der Waals surface area contributed by atoms with E-state index in [-0.39, 0.29) is 36.6 Å². The Balaban J connectivity index is 1.48. The molecule has 0 radical (unpaired) electrons. The van der Waals surface area contributed by atoms with Gasteiger partial charge in [0.2, 0.25) is 5.91 Å². The van der Waals surface area contributed by atoms with E-state index in [1.54, 1.807) is 21.9 Å². The molecule has 0 unspecified atom stereocenters. The third-order valence-corrected chi connectivity index (χ3v) is 7.89. The van der Waals surface area contributed by atoms with E-state index in [1.165, 1.54) is 17.7 Å². The summed E-state index contributed by atoms with van der Waals surface area (Å²) in [6, 6.07) is 22.8. The van der Waals surface area contributed by atoms with Crippen molar-refractivity contribution in [1.29, 1.82) is 0 Å². The van der Waals surface area contributed by atoms with Gasteiger partial charge in [0.05, 0.1) is 5.69 Å². The normalized spacial score (nSPS) is 21.6. The first-order chi connectivity index (χ1) is 17.4. The van der Waals surface area contributed by atoms with Crippen LogP contribution < -0.4 is 0 Å². The fourth-order valence-corrected chi connectivity index (χ4v) is 5.90. The maximum Gasteiger partial charge on any atom is 0.255 e. The van der Waals surface area contributed by atoms with Crippen LogP contribution in [-0.2, 0) is 28.1 Å². The summed E-state index contributed by atoms with van der Waals surface area (Å²) in [6.45, 7) is 4.68. The van der Waals surface area contributed by atoms with Crippen LogP contribution in [0.5, 0.6) is 0 Å². The zero-order valence-corrected chi connectivity index (χ0v) is 20.4. The van der Waals surface area contributed by atoms with Crippen molar-refractivity contribution in [1.82, 2.24) is 14.8 Å². The molecule has 6 heteroatoms. The van der Waals surface area contributed by atoms with E-state index >= 15 is 0 Å². The molecule has 5 nitrogen and oxygen atoms in total. The van der Waals surface area contributed by atoms with Gasteiger partial charge in [-0.15, -0.1) is 0 Å². The molecule has 1 saturated heterocycles. The Labute approximate surface area is 209 Å². The SMILES string of the molecule is CCc1ccc([C@H]2CN3C(=O)CN(Cc4ccc(F)cc4)C(=O)[C@]3(C)c3[nH]c4ccccc4c32)cc1. The highest BCUT2D eigenvalue weighted by Crippen LogP contribution is 2.48. The molecule has 2 aliphatic rings. The van der Waals surface area contributed by atoms with Gasteiger partial charge in [-0.2, -0.15) is 0 Å². The van der Waals surface area contributed by atoms with Crippen molar-refractivity contribution in [2.75, 3.05) is 13.1 Å². The number of aromatic amines is 1. The van der Waals surface area contributed by atoms with E-state index in [1.807, 2.05) is 25.1 Å². The number of H-pyrrole nitrogens is 1. The highest BCUT2D eigenvalue weighted by atomic mass is 19.1. The van der Waals surface area contributed by atoms with Crippen molar-refractivity contribution in [2.45, 2.75) is 38.3 Å². The minimum atomic E-state index is -1.15. The van der Waals surface area contributed by atoms with Crippen molar-refractivity contribution in [3.05, 3.63) is 107 Å². The third kappa shape index (κ3) is 3.35. The Morgan fingerprint density at radius 2 is 1.67 bits per heavy atom. The number of nitrogens with one attached hydrogen (secondary N) is 1. The number of fused-ring (bicyclic) bond motifs is 5. The summed E-state index contributed by atoms with van der Waals surface area (Å²) in [7, 11) is 0. The van der Waals surface area contributed by atoms with Gasteiger partial charge < -0.3 is 14.8 Å². The average molecular weight is 482 g/mol. The van der Waals surface area contributed by atoms with Crippen LogP contribution in [0.15, 0.2) is 72.8 Å². The Kier molecular flexibility index (Phi) is 5.21. The molecular formula is C30H28FN3O2. The number of carbonyl (C=O) groups is 2. The van der Waals surface area contributed by atoms with Crippen LogP contribution in [0.4, 0.5) is 4.39 Å². The first-order valence-corrected chi connectivity index (χ1v) is 12.4. The van der Waals surface area contributed by atoms with Gasteiger partial charge in [0.25, 0.3) is 5.91 Å². The van der Waals surface area contributed by atoms with Gasteiger partial charge in [-0.3, -0.25) is 9.59 Å². The molecular weight excluding hydrogens is 453 g/mol. The number of nitrogens with zero attached hydrogens (tertiary/aromatic N) is 2. The first-order valence-electron chi connectivity index (χ1n) is 12.4. The number of aryl methyl sites for hydroxylation is 1. The van der Waals surface area contributed by atoms with Crippen molar-refractivity contribution in [2.24, 2.45) is 0 Å². The summed E-state index contributed by atoms with van der Waals surface area (Å²) in [5, 5.41) is 1.08. The molecule has 182 valence electrons. The number of rotatable bonds is 4. The van der Waals surface area contributed by atoms with E-state index in [0.29, 0.717) is 6.54 Å². The summed E-state index contributed by atoms with van der Waals surface area (Å²) in [5.74, 6) is -0.584. The summed E-state index contributed by atoms with van der Waals surface area (Å²) >= 11 is 0. The van der Waals surface area contributed by atoms with Gasteiger partial charge in [0, 0.05) is 29.9 Å². The average Bonchev–Trinajstić information content (AvgIpc) is 3.29. The molecule has 1 fully saturated rings. The molecule has 2 atom stereocenters. The number of benzene rings is 3. The number of hydrogen-bond donors (Lipinski definition) is 1. The zero-order chi connectivity index (χ0) is 25.0. The largest absolute Gasteiger partial charge is 0.356 e. The Bertz CT molecular complexity index is 1470. The summed E-state index contributed by atoms with van der Waals surface area (Å²) in [6.07, 6.45) is 0.963. The van der Waals surface area contributed by atoms with Crippen LogP contribution in [0.25, 0.3) is 10.9 Å². The second kappa shape index (κ2) is 8.33. The molecule has 3 heterocycles. The molecule has 36 heavy (non-hydrogen) atoms. The summed E-state index contributed by atoms with van der Waals surface area (Å²) in [4.78, 5) is 34.6. The van der Waals surface area contributed by atoms with Gasteiger partial charge in [-0.25, -0.2) is 4.39 Å². The smallest absolute Gasteiger partial charge is 0.255 e. The molecule has 4 aromatic rings. The highest BCUT2D eigenvalue weighted by Gasteiger charge is 2.56. The Morgan fingerprint density at radius 1 is 0.972 bits per heavy atom. The number of aromatic nitrogens is 1. The molecule has 1 N–H and O–H groups in total. The predicted molar refractivity (Wildman–Crippen MR) is 137 cm³/mol. The van der Waals surface area contributed by atoms with Crippen LogP contribution in [0.2, 0.25) is 0 Å². The van der Waals surface area contributed by atoms with E-state index in [4.69, 9.17) is 0 Å². The van der Waals surface area contributed by atoms with Crippen LogP contribution in [0.3, 0.4) is 0 Å². The minimum absolute atomic E-state index is 0.00283. The van der Waals surface area contributed by atoms with E-state index in [2.05, 4.69) is 42.2 Å². The quantitative estimate of drug-likeness (QED) is 0.441. The fraction of sp³-hybridized carbons (Fsp3) is 0.267. The second-order valence-electron chi connectivity index (χ2n) is 9.97. The number of piperazine rings is 1. The van der Waals surface area contributed by atoms with Crippen molar-refractivity contribution in [3.63, 3.8) is 0 Å². The van der Waals surface area contributed by atoms with Crippen LogP contribution >= 0.6 is 0 Å². The third-order valence-electron chi connectivity index (χ3n) is 7.89. The number of carbonyl (C=O) groups excluding carboxylic acids is 2. The molecule has 0 saturated carbocycles. The standard InChI is InChI=1S/C30H28FN3O2/c1-3-19-8-12-21(13-9-19)24-17-34-26(35)18-33(16-20-10-14-22(31)15-11-20)29(36)30(34,2)28-27(24)23-6-4-5-7-25(23)32-28/h4-15,24,32H,3,16-18H2,1-2H3/t24-,30+/m1/s1. The van der Waals surface area contributed by atoms with Gasteiger partial charge >= 0.3 is 0 Å². The molecule has 1 aromatic heterocycles. The van der Waals surface area contributed by atoms with E-state index in [0.717, 1.165) is 39.7 Å². The lowest BCUT2D eigenvalue weighted by Crippen LogP contribution is -2.67. The van der Waals surface area contributed by atoms with Crippen LogP contribution in [-0.4, -0.2) is 39.7 Å².